The van der Waals surface area contributed by atoms with Gasteiger partial charge in [-0.05, 0) is 12.1 Å². The number of carbonyl (C=O) groups is 2. The van der Waals surface area contributed by atoms with Crippen molar-refractivity contribution in [3.05, 3.63) is 17.8 Å². The quantitative estimate of drug-likeness (QED) is 0.642. The third kappa shape index (κ3) is 3.62. The van der Waals surface area contributed by atoms with Crippen LogP contribution in [-0.4, -0.2) is 64.8 Å². The van der Waals surface area contributed by atoms with Crippen LogP contribution >= 0.6 is 0 Å². The van der Waals surface area contributed by atoms with Gasteiger partial charge in [-0.2, -0.15) is 0 Å². The maximum Gasteiger partial charge on any atom is 0.356 e. The third-order valence-electron chi connectivity index (χ3n) is 2.77. The molecule has 1 aromatic heterocycles. The first-order chi connectivity index (χ1) is 9.16. The molecular formula is C11H15N5O3. The zero-order valence-electron chi connectivity index (χ0n) is 10.3. The van der Waals surface area contributed by atoms with E-state index in [-0.39, 0.29) is 18.1 Å². The Morgan fingerprint density at radius 3 is 2.63 bits per heavy atom. The van der Waals surface area contributed by atoms with Gasteiger partial charge in [0.1, 0.15) is 5.82 Å². The lowest BCUT2D eigenvalue weighted by atomic mass is 10.3. The minimum absolute atomic E-state index is 0.00869. The lowest BCUT2D eigenvalue weighted by Crippen LogP contribution is -2.48. The van der Waals surface area contributed by atoms with Gasteiger partial charge in [0.15, 0.2) is 5.69 Å². The Bertz CT molecular complexity index is 456. The number of aromatic nitrogens is 2. The molecule has 8 heteroatoms. The number of carboxylic acid groups (broad SMARTS) is 1. The van der Waals surface area contributed by atoms with Gasteiger partial charge in [-0.1, -0.05) is 0 Å². The minimum Gasteiger partial charge on any atom is -0.476 e. The van der Waals surface area contributed by atoms with Crippen molar-refractivity contribution < 1.29 is 14.7 Å². The van der Waals surface area contributed by atoms with Crippen molar-refractivity contribution in [1.82, 2.24) is 20.4 Å². The highest BCUT2D eigenvalue weighted by atomic mass is 16.4. The van der Waals surface area contributed by atoms with E-state index in [9.17, 15) is 9.59 Å². The number of hydrogen-bond acceptors (Lipinski definition) is 6. The summed E-state index contributed by atoms with van der Waals surface area (Å²) in [5, 5.41) is 21.9. The first kappa shape index (κ1) is 13.2. The standard InChI is InChI=1S/C11H15N5O3/c17-10(16-5-3-12-4-6-16)7-13-9-2-1-8(11(18)19)14-15-9/h1-2,12H,3-7H2,(H,13,15)(H,18,19). The van der Waals surface area contributed by atoms with Crippen LogP contribution < -0.4 is 10.6 Å². The fraction of sp³-hybridized carbons (Fsp3) is 0.455. The molecule has 0 spiro atoms. The molecule has 1 aliphatic rings. The number of carbonyl (C=O) groups excluding carboxylic acids is 1. The summed E-state index contributed by atoms with van der Waals surface area (Å²) in [7, 11) is 0. The molecule has 3 N–H and O–H groups in total. The van der Waals surface area contributed by atoms with Gasteiger partial charge in [0.2, 0.25) is 5.91 Å². The van der Waals surface area contributed by atoms with Crippen LogP contribution in [0.2, 0.25) is 0 Å². The number of carboxylic acids is 1. The lowest BCUT2D eigenvalue weighted by molar-refractivity contribution is -0.129. The summed E-state index contributed by atoms with van der Waals surface area (Å²) in [6.07, 6.45) is 0. The van der Waals surface area contributed by atoms with E-state index >= 15 is 0 Å². The van der Waals surface area contributed by atoms with Crippen molar-refractivity contribution in [2.24, 2.45) is 0 Å². The van der Waals surface area contributed by atoms with E-state index < -0.39 is 5.97 Å². The number of amides is 1. The third-order valence-corrected chi connectivity index (χ3v) is 2.77. The van der Waals surface area contributed by atoms with Crippen LogP contribution in [0.1, 0.15) is 10.5 Å². The molecule has 19 heavy (non-hydrogen) atoms. The van der Waals surface area contributed by atoms with Crippen molar-refractivity contribution in [2.45, 2.75) is 0 Å². The summed E-state index contributed by atoms with van der Waals surface area (Å²) in [5.41, 5.74) is -0.126. The molecule has 0 saturated carbocycles. The molecule has 1 saturated heterocycles. The Morgan fingerprint density at radius 1 is 1.32 bits per heavy atom. The number of anilines is 1. The summed E-state index contributed by atoms with van der Waals surface area (Å²) in [6.45, 7) is 3.13. The highest BCUT2D eigenvalue weighted by molar-refractivity contribution is 5.85. The van der Waals surface area contributed by atoms with E-state index in [0.29, 0.717) is 18.9 Å². The van der Waals surface area contributed by atoms with Gasteiger partial charge >= 0.3 is 5.97 Å². The fourth-order valence-corrected chi connectivity index (χ4v) is 1.73. The van der Waals surface area contributed by atoms with Gasteiger partial charge in [-0.25, -0.2) is 4.79 Å². The summed E-state index contributed by atoms with van der Waals surface area (Å²) in [5.74, 6) is -0.755. The predicted octanol–water partition coefficient (Wildman–Crippen LogP) is -0.981. The van der Waals surface area contributed by atoms with Gasteiger partial charge in [0.05, 0.1) is 6.54 Å². The topological polar surface area (TPSA) is 107 Å². The van der Waals surface area contributed by atoms with Gasteiger partial charge < -0.3 is 20.6 Å². The maximum absolute atomic E-state index is 11.8. The van der Waals surface area contributed by atoms with E-state index in [1.54, 1.807) is 4.90 Å². The summed E-state index contributed by atoms with van der Waals surface area (Å²) >= 11 is 0. The molecule has 102 valence electrons. The second-order valence-corrected chi connectivity index (χ2v) is 4.09. The van der Waals surface area contributed by atoms with Crippen LogP contribution in [0.3, 0.4) is 0 Å². The van der Waals surface area contributed by atoms with Gasteiger partial charge in [-0.3, -0.25) is 4.79 Å². The molecule has 0 atom stereocenters. The number of rotatable bonds is 4. The molecule has 8 nitrogen and oxygen atoms in total. The second-order valence-electron chi connectivity index (χ2n) is 4.09. The van der Waals surface area contributed by atoms with Crippen LogP contribution in [0.5, 0.6) is 0 Å². The monoisotopic (exact) mass is 265 g/mol. The number of piperazine rings is 1. The number of nitrogens with zero attached hydrogens (tertiary/aromatic N) is 3. The number of aromatic carboxylic acids is 1. The molecule has 2 heterocycles. The molecule has 1 aromatic rings. The molecule has 0 bridgehead atoms. The van der Waals surface area contributed by atoms with Crippen LogP contribution in [0.15, 0.2) is 12.1 Å². The fourth-order valence-electron chi connectivity index (χ4n) is 1.73. The first-order valence-electron chi connectivity index (χ1n) is 5.96. The molecule has 0 radical (unpaired) electrons. The molecule has 0 aromatic carbocycles. The van der Waals surface area contributed by atoms with Gasteiger partial charge in [0, 0.05) is 26.2 Å². The smallest absolute Gasteiger partial charge is 0.356 e. The number of nitrogens with one attached hydrogen (secondary N) is 2. The predicted molar refractivity (Wildman–Crippen MR) is 66.9 cm³/mol. The van der Waals surface area contributed by atoms with E-state index in [1.165, 1.54) is 12.1 Å². The molecular weight excluding hydrogens is 250 g/mol. The second kappa shape index (κ2) is 6.10. The minimum atomic E-state index is -1.13. The van der Waals surface area contributed by atoms with Crippen LogP contribution in [0.25, 0.3) is 0 Å². The Balaban J connectivity index is 1.84. The van der Waals surface area contributed by atoms with Crippen LogP contribution in [0.4, 0.5) is 5.82 Å². The lowest BCUT2D eigenvalue weighted by Gasteiger charge is -2.27. The van der Waals surface area contributed by atoms with Crippen molar-refractivity contribution in [2.75, 3.05) is 38.0 Å². The average molecular weight is 265 g/mol. The maximum atomic E-state index is 11.8. The Labute approximate surface area is 109 Å². The summed E-state index contributed by atoms with van der Waals surface area (Å²) in [4.78, 5) is 24.2. The molecule has 1 amide bonds. The van der Waals surface area contributed by atoms with Gasteiger partial charge in [0.25, 0.3) is 0 Å². The Hall–Kier alpha value is -2.22. The first-order valence-corrected chi connectivity index (χ1v) is 5.96. The molecule has 2 rings (SSSR count). The summed E-state index contributed by atoms with van der Waals surface area (Å²) in [6, 6.07) is 2.83. The highest BCUT2D eigenvalue weighted by Gasteiger charge is 2.15. The van der Waals surface area contributed by atoms with E-state index in [2.05, 4.69) is 20.8 Å². The van der Waals surface area contributed by atoms with E-state index in [4.69, 9.17) is 5.11 Å². The van der Waals surface area contributed by atoms with E-state index in [0.717, 1.165) is 13.1 Å². The summed E-state index contributed by atoms with van der Waals surface area (Å²) < 4.78 is 0. The zero-order valence-corrected chi connectivity index (χ0v) is 10.3. The van der Waals surface area contributed by atoms with Crippen molar-refractivity contribution >= 4 is 17.7 Å². The highest BCUT2D eigenvalue weighted by Crippen LogP contribution is 2.02. The molecule has 0 aliphatic carbocycles. The molecule has 1 aliphatic heterocycles. The van der Waals surface area contributed by atoms with E-state index in [1.807, 2.05) is 0 Å². The molecule has 1 fully saturated rings. The van der Waals surface area contributed by atoms with Gasteiger partial charge in [-0.15, -0.1) is 10.2 Å². The Morgan fingerprint density at radius 2 is 2.05 bits per heavy atom. The average Bonchev–Trinajstić information content (AvgIpc) is 2.46. The number of hydrogen-bond donors (Lipinski definition) is 3. The van der Waals surface area contributed by atoms with Crippen molar-refractivity contribution in [1.29, 1.82) is 0 Å². The van der Waals surface area contributed by atoms with Crippen LogP contribution in [0, 0.1) is 0 Å². The normalized spacial score (nSPS) is 15.1. The van der Waals surface area contributed by atoms with Crippen LogP contribution in [-0.2, 0) is 4.79 Å². The largest absolute Gasteiger partial charge is 0.476 e. The molecule has 0 unspecified atom stereocenters. The zero-order chi connectivity index (χ0) is 13.7. The van der Waals surface area contributed by atoms with Crippen molar-refractivity contribution in [3.8, 4) is 0 Å². The SMILES string of the molecule is O=C(O)c1ccc(NCC(=O)N2CCNCC2)nn1. The van der Waals surface area contributed by atoms with Crippen molar-refractivity contribution in [3.63, 3.8) is 0 Å². The Kier molecular flexibility index (Phi) is 4.24.